The van der Waals surface area contributed by atoms with Gasteiger partial charge in [0, 0.05) is 35.9 Å². The molecule has 0 aliphatic heterocycles. The van der Waals surface area contributed by atoms with Crippen LogP contribution >= 0.6 is 0 Å². The molecule has 7 heteroatoms. The quantitative estimate of drug-likeness (QED) is 0.605. The highest BCUT2D eigenvalue weighted by Gasteiger charge is 2.11. The second-order valence-corrected chi connectivity index (χ2v) is 6.82. The summed E-state index contributed by atoms with van der Waals surface area (Å²) in [5.41, 5.74) is 3.01. The molecule has 2 N–H and O–H groups in total. The molecule has 0 aliphatic carbocycles. The van der Waals surface area contributed by atoms with Crippen LogP contribution in [-0.2, 0) is 9.59 Å². The monoisotopic (exact) mass is 390 g/mol. The Morgan fingerprint density at radius 3 is 2.17 bits per heavy atom. The van der Waals surface area contributed by atoms with Crippen molar-refractivity contribution in [3.63, 3.8) is 0 Å². The van der Waals surface area contributed by atoms with Gasteiger partial charge >= 0.3 is 0 Å². The molecule has 3 aromatic rings. The van der Waals surface area contributed by atoms with Gasteiger partial charge in [0.1, 0.15) is 0 Å². The van der Waals surface area contributed by atoms with Crippen molar-refractivity contribution in [3.8, 4) is 11.5 Å². The van der Waals surface area contributed by atoms with Crippen molar-refractivity contribution < 1.29 is 14.1 Å². The fourth-order valence-electron chi connectivity index (χ4n) is 2.52. The van der Waals surface area contributed by atoms with E-state index in [0.29, 0.717) is 23.1 Å². The molecule has 2 aromatic carbocycles. The molecule has 0 saturated carbocycles. The van der Waals surface area contributed by atoms with Crippen LogP contribution in [-0.4, -0.2) is 22.0 Å². The SMILES string of the molecule is CC(=O)Nc1ccc(/C=C/C(=O)Nc2ccc(-c3nc(C(C)C)no3)cc2)cc1. The van der Waals surface area contributed by atoms with Crippen LogP contribution in [0.3, 0.4) is 0 Å². The van der Waals surface area contributed by atoms with E-state index in [-0.39, 0.29) is 17.7 Å². The molecule has 29 heavy (non-hydrogen) atoms. The lowest BCUT2D eigenvalue weighted by molar-refractivity contribution is -0.114. The fourth-order valence-corrected chi connectivity index (χ4v) is 2.52. The first kappa shape index (κ1) is 20.0. The number of rotatable bonds is 6. The largest absolute Gasteiger partial charge is 0.334 e. The summed E-state index contributed by atoms with van der Waals surface area (Å²) in [6.45, 7) is 5.45. The van der Waals surface area contributed by atoms with Crippen molar-refractivity contribution in [2.75, 3.05) is 10.6 Å². The number of carbonyl (C=O) groups is 2. The molecular formula is C22H22N4O3. The Hall–Kier alpha value is -3.74. The van der Waals surface area contributed by atoms with Crippen LogP contribution in [0.25, 0.3) is 17.5 Å². The maximum Gasteiger partial charge on any atom is 0.257 e. The van der Waals surface area contributed by atoms with E-state index in [1.807, 2.05) is 38.1 Å². The van der Waals surface area contributed by atoms with Crippen LogP contribution in [0.4, 0.5) is 11.4 Å². The van der Waals surface area contributed by atoms with Crippen LogP contribution in [0.15, 0.2) is 59.1 Å². The number of benzene rings is 2. The van der Waals surface area contributed by atoms with Gasteiger partial charge in [0.15, 0.2) is 5.82 Å². The molecule has 0 bridgehead atoms. The van der Waals surface area contributed by atoms with Crippen LogP contribution < -0.4 is 10.6 Å². The lowest BCUT2D eigenvalue weighted by Crippen LogP contribution is -2.07. The summed E-state index contributed by atoms with van der Waals surface area (Å²) in [4.78, 5) is 27.5. The molecule has 7 nitrogen and oxygen atoms in total. The predicted octanol–water partition coefficient (Wildman–Crippen LogP) is 4.47. The molecule has 1 heterocycles. The molecule has 0 spiro atoms. The Labute approximate surface area is 168 Å². The van der Waals surface area contributed by atoms with E-state index >= 15 is 0 Å². The number of hydrogen-bond acceptors (Lipinski definition) is 5. The third-order valence-corrected chi connectivity index (χ3v) is 4.02. The van der Waals surface area contributed by atoms with Gasteiger partial charge in [-0.1, -0.05) is 31.1 Å². The van der Waals surface area contributed by atoms with Gasteiger partial charge in [-0.25, -0.2) is 0 Å². The molecule has 3 rings (SSSR count). The highest BCUT2D eigenvalue weighted by Crippen LogP contribution is 2.22. The number of nitrogens with zero attached hydrogens (tertiary/aromatic N) is 2. The number of anilines is 2. The Balaban J connectivity index is 1.58. The van der Waals surface area contributed by atoms with Gasteiger partial charge < -0.3 is 15.2 Å². The third-order valence-electron chi connectivity index (χ3n) is 4.02. The normalized spacial score (nSPS) is 11.0. The van der Waals surface area contributed by atoms with E-state index in [2.05, 4.69) is 20.8 Å². The highest BCUT2D eigenvalue weighted by molar-refractivity contribution is 6.02. The summed E-state index contributed by atoms with van der Waals surface area (Å²) in [5.74, 6) is 0.933. The predicted molar refractivity (Wildman–Crippen MR) is 112 cm³/mol. The Kier molecular flexibility index (Phi) is 6.19. The van der Waals surface area contributed by atoms with Crippen molar-refractivity contribution in [1.29, 1.82) is 0 Å². The number of hydrogen-bond donors (Lipinski definition) is 2. The maximum absolute atomic E-state index is 12.1. The second kappa shape index (κ2) is 8.97. The first-order valence-corrected chi connectivity index (χ1v) is 9.21. The third kappa shape index (κ3) is 5.62. The van der Waals surface area contributed by atoms with Gasteiger partial charge in [-0.3, -0.25) is 9.59 Å². The first-order chi connectivity index (χ1) is 13.9. The zero-order chi connectivity index (χ0) is 20.8. The lowest BCUT2D eigenvalue weighted by atomic mass is 10.2. The number of nitrogens with one attached hydrogen (secondary N) is 2. The van der Waals surface area contributed by atoms with Crippen LogP contribution in [0.1, 0.15) is 38.1 Å². The summed E-state index contributed by atoms with van der Waals surface area (Å²) >= 11 is 0. The maximum atomic E-state index is 12.1. The topological polar surface area (TPSA) is 97.1 Å². The molecular weight excluding hydrogens is 368 g/mol. The Bertz CT molecular complexity index is 1020. The smallest absolute Gasteiger partial charge is 0.257 e. The van der Waals surface area contributed by atoms with Gasteiger partial charge in [0.2, 0.25) is 11.8 Å². The molecule has 0 saturated heterocycles. The van der Waals surface area contributed by atoms with Gasteiger partial charge in [-0.2, -0.15) is 4.98 Å². The average molecular weight is 390 g/mol. The van der Waals surface area contributed by atoms with Crippen molar-refractivity contribution in [1.82, 2.24) is 10.1 Å². The summed E-state index contributed by atoms with van der Waals surface area (Å²) in [6.07, 6.45) is 3.15. The molecule has 0 radical (unpaired) electrons. The van der Waals surface area contributed by atoms with Crippen molar-refractivity contribution >= 4 is 29.3 Å². The molecule has 1 aromatic heterocycles. The number of carbonyl (C=O) groups excluding carboxylic acids is 2. The molecule has 0 atom stereocenters. The molecule has 148 valence electrons. The summed E-state index contributed by atoms with van der Waals surface area (Å²) in [7, 11) is 0. The average Bonchev–Trinajstić information content (AvgIpc) is 3.18. The minimum atomic E-state index is -0.247. The van der Waals surface area contributed by atoms with E-state index in [4.69, 9.17) is 4.52 Å². The standard InChI is InChI=1S/C22H22N4O3/c1-14(2)21-25-22(29-26-21)17-7-11-19(12-8-17)24-20(28)13-6-16-4-9-18(10-5-16)23-15(3)27/h4-14H,1-3H3,(H,23,27)(H,24,28)/b13-6+. The molecule has 0 aliphatic rings. The van der Waals surface area contributed by atoms with Crippen LogP contribution in [0.2, 0.25) is 0 Å². The van der Waals surface area contributed by atoms with E-state index in [1.54, 1.807) is 30.3 Å². The summed E-state index contributed by atoms with van der Waals surface area (Å²) in [5, 5.41) is 9.45. The molecule has 0 fully saturated rings. The molecule has 0 unspecified atom stereocenters. The highest BCUT2D eigenvalue weighted by atomic mass is 16.5. The van der Waals surface area contributed by atoms with Crippen molar-refractivity contribution in [3.05, 3.63) is 66.0 Å². The van der Waals surface area contributed by atoms with Crippen molar-refractivity contribution in [2.24, 2.45) is 0 Å². The summed E-state index contributed by atoms with van der Waals surface area (Å²) in [6, 6.07) is 14.4. The van der Waals surface area contributed by atoms with E-state index in [0.717, 1.165) is 11.1 Å². The Morgan fingerprint density at radius 1 is 0.966 bits per heavy atom. The van der Waals surface area contributed by atoms with E-state index < -0.39 is 0 Å². The zero-order valence-electron chi connectivity index (χ0n) is 16.5. The lowest BCUT2D eigenvalue weighted by Gasteiger charge is -2.03. The van der Waals surface area contributed by atoms with E-state index in [1.165, 1.54) is 13.0 Å². The summed E-state index contributed by atoms with van der Waals surface area (Å²) < 4.78 is 5.27. The minimum absolute atomic E-state index is 0.127. The van der Waals surface area contributed by atoms with E-state index in [9.17, 15) is 9.59 Å². The molecule has 2 amide bonds. The minimum Gasteiger partial charge on any atom is -0.334 e. The first-order valence-electron chi connectivity index (χ1n) is 9.21. The zero-order valence-corrected chi connectivity index (χ0v) is 16.5. The van der Waals surface area contributed by atoms with Gasteiger partial charge in [0.05, 0.1) is 0 Å². The number of aromatic nitrogens is 2. The number of amides is 2. The second-order valence-electron chi connectivity index (χ2n) is 6.82. The Morgan fingerprint density at radius 2 is 1.59 bits per heavy atom. The van der Waals surface area contributed by atoms with Gasteiger partial charge in [0.25, 0.3) is 5.89 Å². The van der Waals surface area contributed by atoms with Gasteiger partial charge in [-0.05, 0) is 48.0 Å². The van der Waals surface area contributed by atoms with Crippen LogP contribution in [0.5, 0.6) is 0 Å². The van der Waals surface area contributed by atoms with Gasteiger partial charge in [-0.15, -0.1) is 0 Å². The fraction of sp³-hybridized carbons (Fsp3) is 0.182. The van der Waals surface area contributed by atoms with Crippen molar-refractivity contribution in [2.45, 2.75) is 26.7 Å². The van der Waals surface area contributed by atoms with Crippen LogP contribution in [0, 0.1) is 0 Å².